The lowest BCUT2D eigenvalue weighted by Gasteiger charge is -2.43. The number of hydrogen-bond acceptors (Lipinski definition) is 4. The van der Waals surface area contributed by atoms with Gasteiger partial charge >= 0.3 is 0 Å². The fraction of sp³-hybridized carbons (Fsp3) is 0.647. The number of piperidine rings is 1. The topological polar surface area (TPSA) is 30.0 Å². The molecule has 1 aromatic rings. The van der Waals surface area contributed by atoms with Gasteiger partial charge in [0.05, 0.1) is 11.3 Å². The maximum absolute atomic E-state index is 13.8. The van der Waals surface area contributed by atoms with Crippen LogP contribution in [0.15, 0.2) is 24.3 Å². The van der Waals surface area contributed by atoms with Crippen LogP contribution in [0.1, 0.15) is 12.8 Å². The first-order valence-electron chi connectivity index (χ1n) is 8.19. The summed E-state index contributed by atoms with van der Waals surface area (Å²) in [7, 11) is 2.07. The fourth-order valence-electron chi connectivity index (χ4n) is 3.74. The predicted octanol–water partition coefficient (Wildman–Crippen LogP) is 1.40. The van der Waals surface area contributed by atoms with Gasteiger partial charge in [-0.3, -0.25) is 4.90 Å². The lowest BCUT2D eigenvalue weighted by atomic mass is 9.92. The molecule has 0 radical (unpaired) electrons. The van der Waals surface area contributed by atoms with Gasteiger partial charge in [0.2, 0.25) is 0 Å². The van der Waals surface area contributed by atoms with Crippen LogP contribution >= 0.6 is 0 Å². The highest BCUT2D eigenvalue weighted by Gasteiger charge is 2.34. The van der Waals surface area contributed by atoms with Crippen LogP contribution in [0, 0.1) is 5.82 Å². The number of nitrogens with zero attached hydrogens (tertiary/aromatic N) is 3. The summed E-state index contributed by atoms with van der Waals surface area (Å²) in [5.41, 5.74) is 0.103. The molecule has 2 aliphatic heterocycles. The van der Waals surface area contributed by atoms with Gasteiger partial charge < -0.3 is 14.9 Å². The van der Waals surface area contributed by atoms with Gasteiger partial charge in [-0.1, -0.05) is 12.1 Å². The number of halogens is 1. The molecule has 0 aliphatic carbocycles. The molecule has 1 unspecified atom stereocenters. The van der Waals surface area contributed by atoms with Crippen molar-refractivity contribution in [3.05, 3.63) is 30.1 Å². The van der Waals surface area contributed by atoms with Crippen molar-refractivity contribution in [2.75, 3.05) is 57.8 Å². The lowest BCUT2D eigenvalue weighted by Crippen LogP contribution is -2.57. The Labute approximate surface area is 132 Å². The smallest absolute Gasteiger partial charge is 0.146 e. The molecule has 0 saturated carbocycles. The van der Waals surface area contributed by atoms with E-state index in [4.69, 9.17) is 0 Å². The molecule has 0 spiro atoms. The molecule has 5 heteroatoms. The minimum Gasteiger partial charge on any atom is -0.387 e. The van der Waals surface area contributed by atoms with Gasteiger partial charge in [0, 0.05) is 39.3 Å². The molecular weight excluding hydrogens is 281 g/mol. The first kappa shape index (κ1) is 15.7. The number of benzene rings is 1. The number of likely N-dealkylation sites (tertiary alicyclic amines) is 1. The molecule has 122 valence electrons. The summed E-state index contributed by atoms with van der Waals surface area (Å²) in [6, 6.07) is 6.96. The molecule has 22 heavy (non-hydrogen) atoms. The average molecular weight is 307 g/mol. The lowest BCUT2D eigenvalue weighted by molar-refractivity contribution is -0.0478. The van der Waals surface area contributed by atoms with Gasteiger partial charge in [0.25, 0.3) is 0 Å². The van der Waals surface area contributed by atoms with Crippen molar-refractivity contribution in [2.45, 2.75) is 18.4 Å². The predicted molar refractivity (Wildman–Crippen MR) is 86.7 cm³/mol. The van der Waals surface area contributed by atoms with Gasteiger partial charge in [0.1, 0.15) is 5.82 Å². The average Bonchev–Trinajstić information content (AvgIpc) is 2.48. The number of anilines is 1. The van der Waals surface area contributed by atoms with Crippen LogP contribution in [-0.4, -0.2) is 73.4 Å². The molecular formula is C17H26FN3O. The summed E-state index contributed by atoms with van der Waals surface area (Å²) in [5, 5.41) is 10.8. The molecule has 3 rings (SSSR count). The Kier molecular flexibility index (Phi) is 4.66. The van der Waals surface area contributed by atoms with Gasteiger partial charge in [-0.05, 0) is 38.6 Å². The quantitative estimate of drug-likeness (QED) is 0.914. The van der Waals surface area contributed by atoms with E-state index in [9.17, 15) is 9.50 Å². The van der Waals surface area contributed by atoms with E-state index in [0.717, 1.165) is 58.7 Å². The fourth-order valence-corrected chi connectivity index (χ4v) is 3.74. The second-order valence-electron chi connectivity index (χ2n) is 6.78. The monoisotopic (exact) mass is 307 g/mol. The van der Waals surface area contributed by atoms with Crippen molar-refractivity contribution >= 4 is 5.69 Å². The Morgan fingerprint density at radius 2 is 1.86 bits per heavy atom. The van der Waals surface area contributed by atoms with Crippen molar-refractivity contribution in [1.29, 1.82) is 0 Å². The third-order valence-corrected chi connectivity index (χ3v) is 4.83. The standard InChI is InChI=1S/C17H26FN3O/c1-19-8-4-7-17(22,13-19)14-20-9-11-21(12-10-20)16-6-3-2-5-15(16)18/h2-3,5-6,22H,4,7-14H2,1H3. The largest absolute Gasteiger partial charge is 0.387 e. The van der Waals surface area contributed by atoms with E-state index >= 15 is 0 Å². The van der Waals surface area contributed by atoms with E-state index in [2.05, 4.69) is 21.7 Å². The number of likely N-dealkylation sites (N-methyl/N-ethyl adjacent to an activating group) is 1. The summed E-state index contributed by atoms with van der Waals surface area (Å²) >= 11 is 0. The van der Waals surface area contributed by atoms with Crippen LogP contribution in [0.4, 0.5) is 10.1 Å². The van der Waals surface area contributed by atoms with E-state index < -0.39 is 5.60 Å². The van der Waals surface area contributed by atoms with Crippen LogP contribution in [0.5, 0.6) is 0 Å². The van der Waals surface area contributed by atoms with E-state index in [0.29, 0.717) is 5.69 Å². The van der Waals surface area contributed by atoms with Crippen LogP contribution < -0.4 is 4.90 Å². The van der Waals surface area contributed by atoms with Crippen LogP contribution in [0.25, 0.3) is 0 Å². The second kappa shape index (κ2) is 6.52. The number of aliphatic hydroxyl groups is 1. The molecule has 2 saturated heterocycles. The van der Waals surface area contributed by atoms with Gasteiger partial charge in [0.15, 0.2) is 0 Å². The first-order chi connectivity index (χ1) is 10.6. The normalized spacial score (nSPS) is 28.0. The Morgan fingerprint density at radius 1 is 1.14 bits per heavy atom. The number of rotatable bonds is 3. The van der Waals surface area contributed by atoms with E-state index in [1.54, 1.807) is 6.07 Å². The zero-order valence-electron chi connectivity index (χ0n) is 13.3. The third kappa shape index (κ3) is 3.59. The van der Waals surface area contributed by atoms with E-state index in [1.165, 1.54) is 6.07 Å². The molecule has 4 nitrogen and oxygen atoms in total. The van der Waals surface area contributed by atoms with Gasteiger partial charge in [-0.2, -0.15) is 0 Å². The molecule has 2 heterocycles. The summed E-state index contributed by atoms with van der Waals surface area (Å²) in [4.78, 5) is 6.62. The van der Waals surface area contributed by atoms with Crippen LogP contribution in [0.2, 0.25) is 0 Å². The van der Waals surface area contributed by atoms with Crippen molar-refractivity contribution < 1.29 is 9.50 Å². The molecule has 2 aliphatic rings. The molecule has 0 amide bonds. The molecule has 0 bridgehead atoms. The summed E-state index contributed by atoms with van der Waals surface area (Å²) in [6.07, 6.45) is 1.94. The Morgan fingerprint density at radius 3 is 2.55 bits per heavy atom. The van der Waals surface area contributed by atoms with E-state index in [1.807, 2.05) is 12.1 Å². The molecule has 1 N–H and O–H groups in total. The second-order valence-corrected chi connectivity index (χ2v) is 6.78. The Hall–Kier alpha value is -1.17. The minimum absolute atomic E-state index is 0.150. The van der Waals surface area contributed by atoms with Crippen LogP contribution in [0.3, 0.4) is 0 Å². The highest BCUT2D eigenvalue weighted by atomic mass is 19.1. The molecule has 0 aromatic heterocycles. The maximum atomic E-state index is 13.8. The maximum Gasteiger partial charge on any atom is 0.146 e. The van der Waals surface area contributed by atoms with Crippen molar-refractivity contribution in [1.82, 2.24) is 9.80 Å². The highest BCUT2D eigenvalue weighted by Crippen LogP contribution is 2.24. The SMILES string of the molecule is CN1CCCC(O)(CN2CCN(c3ccccc3F)CC2)C1. The van der Waals surface area contributed by atoms with Crippen molar-refractivity contribution in [3.8, 4) is 0 Å². The number of para-hydroxylation sites is 1. The van der Waals surface area contributed by atoms with Crippen molar-refractivity contribution in [3.63, 3.8) is 0 Å². The zero-order chi connectivity index (χ0) is 15.6. The van der Waals surface area contributed by atoms with Gasteiger partial charge in [-0.25, -0.2) is 4.39 Å². The van der Waals surface area contributed by atoms with Crippen LogP contribution in [-0.2, 0) is 0 Å². The molecule has 2 fully saturated rings. The number of hydrogen-bond donors (Lipinski definition) is 1. The summed E-state index contributed by atoms with van der Waals surface area (Å²) in [5.74, 6) is -0.150. The Bertz CT molecular complexity index is 504. The Balaban J connectivity index is 1.55. The third-order valence-electron chi connectivity index (χ3n) is 4.83. The first-order valence-corrected chi connectivity index (χ1v) is 8.19. The zero-order valence-corrected chi connectivity index (χ0v) is 13.3. The summed E-state index contributed by atoms with van der Waals surface area (Å²) < 4.78 is 13.8. The van der Waals surface area contributed by atoms with Gasteiger partial charge in [-0.15, -0.1) is 0 Å². The highest BCUT2D eigenvalue weighted by molar-refractivity contribution is 5.47. The minimum atomic E-state index is -0.590. The molecule has 1 atom stereocenters. The molecule has 1 aromatic carbocycles. The number of β-amino-alcohol motifs (C(OH)–C–C–N with tert-alkyl or cyclic N) is 1. The van der Waals surface area contributed by atoms with E-state index in [-0.39, 0.29) is 5.82 Å². The summed E-state index contributed by atoms with van der Waals surface area (Å²) in [6.45, 7) is 5.92. The van der Waals surface area contributed by atoms with Crippen molar-refractivity contribution in [2.24, 2.45) is 0 Å². The number of piperazine rings is 1.